The fraction of sp³-hybridized carbons (Fsp3) is 0. The van der Waals surface area contributed by atoms with E-state index in [1.807, 2.05) is 30.3 Å². The first-order chi connectivity index (χ1) is 12.0. The first kappa shape index (κ1) is 16.9. The molecule has 0 saturated carbocycles. The van der Waals surface area contributed by atoms with Crippen LogP contribution in [0.1, 0.15) is 16.1 Å². The molecule has 0 spiro atoms. The number of allylic oxidation sites excluding steroid dienone is 1. The number of hydrogen-bond acceptors (Lipinski definition) is 4. The van der Waals surface area contributed by atoms with Crippen LogP contribution in [0.15, 0.2) is 75.6 Å². The average molecular weight is 398 g/mol. The highest BCUT2D eigenvalue weighted by atomic mass is 79.9. The number of non-ortho nitro benzene ring substituents is 1. The fourth-order valence-corrected chi connectivity index (χ4v) is 2.76. The molecule has 124 valence electrons. The van der Waals surface area contributed by atoms with E-state index in [4.69, 9.17) is 4.42 Å². The highest BCUT2D eigenvalue weighted by Gasteiger charge is 2.10. The molecule has 25 heavy (non-hydrogen) atoms. The Hall–Kier alpha value is -2.99. The molecule has 0 unspecified atom stereocenters. The van der Waals surface area contributed by atoms with Crippen molar-refractivity contribution in [3.8, 4) is 11.3 Å². The predicted octanol–water partition coefficient (Wildman–Crippen LogP) is 5.51. The van der Waals surface area contributed by atoms with Crippen LogP contribution < -0.4 is 0 Å². The zero-order chi connectivity index (χ0) is 17.8. The average Bonchev–Trinajstić information content (AvgIpc) is 3.09. The number of furan rings is 1. The minimum atomic E-state index is -0.531. The zero-order valence-electron chi connectivity index (χ0n) is 12.9. The van der Waals surface area contributed by atoms with E-state index in [1.54, 1.807) is 12.1 Å². The predicted molar refractivity (Wildman–Crippen MR) is 98.3 cm³/mol. The Balaban J connectivity index is 1.79. The Morgan fingerprint density at radius 1 is 1.08 bits per heavy atom. The third-order valence-electron chi connectivity index (χ3n) is 3.51. The molecular weight excluding hydrogens is 386 g/mol. The first-order valence-corrected chi connectivity index (χ1v) is 8.15. The molecule has 1 heterocycles. The molecule has 0 aliphatic rings. The molecule has 2 aromatic carbocycles. The van der Waals surface area contributed by atoms with E-state index in [-0.39, 0.29) is 17.0 Å². The monoisotopic (exact) mass is 397 g/mol. The lowest BCUT2D eigenvalue weighted by atomic mass is 10.1. The molecule has 3 rings (SSSR count). The van der Waals surface area contributed by atoms with Crippen LogP contribution in [0.2, 0.25) is 0 Å². The summed E-state index contributed by atoms with van der Waals surface area (Å²) in [6, 6.07) is 16.8. The van der Waals surface area contributed by atoms with Crippen molar-refractivity contribution < 1.29 is 14.1 Å². The SMILES string of the molecule is O=C(/C=C/c1ccc(-c2ccccc2Br)o1)c1cccc([N+](=O)[O-])c1. The van der Waals surface area contributed by atoms with Crippen molar-refractivity contribution in [2.24, 2.45) is 0 Å². The summed E-state index contributed by atoms with van der Waals surface area (Å²) >= 11 is 3.47. The van der Waals surface area contributed by atoms with E-state index < -0.39 is 4.92 Å². The molecule has 0 aliphatic heterocycles. The van der Waals surface area contributed by atoms with Gasteiger partial charge in [0.2, 0.25) is 0 Å². The maximum absolute atomic E-state index is 12.2. The van der Waals surface area contributed by atoms with Crippen molar-refractivity contribution in [3.63, 3.8) is 0 Å². The molecule has 0 amide bonds. The van der Waals surface area contributed by atoms with E-state index in [2.05, 4.69) is 15.9 Å². The van der Waals surface area contributed by atoms with Crippen molar-refractivity contribution in [1.29, 1.82) is 0 Å². The van der Waals surface area contributed by atoms with Crippen molar-refractivity contribution in [2.75, 3.05) is 0 Å². The first-order valence-electron chi connectivity index (χ1n) is 7.36. The van der Waals surface area contributed by atoms with Gasteiger partial charge in [-0.15, -0.1) is 0 Å². The maximum Gasteiger partial charge on any atom is 0.270 e. The minimum Gasteiger partial charge on any atom is -0.457 e. The van der Waals surface area contributed by atoms with Gasteiger partial charge >= 0.3 is 0 Å². The van der Waals surface area contributed by atoms with Gasteiger partial charge in [0.05, 0.1) is 4.92 Å². The van der Waals surface area contributed by atoms with Gasteiger partial charge in [0, 0.05) is 27.7 Å². The number of nitrogens with zero attached hydrogens (tertiary/aromatic N) is 1. The van der Waals surface area contributed by atoms with Crippen LogP contribution in [0.25, 0.3) is 17.4 Å². The van der Waals surface area contributed by atoms with Crippen molar-refractivity contribution in [1.82, 2.24) is 0 Å². The molecule has 5 nitrogen and oxygen atoms in total. The number of carbonyl (C=O) groups excluding carboxylic acids is 1. The van der Waals surface area contributed by atoms with Crippen LogP contribution in [-0.4, -0.2) is 10.7 Å². The number of carbonyl (C=O) groups is 1. The Morgan fingerprint density at radius 2 is 1.88 bits per heavy atom. The van der Waals surface area contributed by atoms with E-state index in [9.17, 15) is 14.9 Å². The van der Waals surface area contributed by atoms with Crippen molar-refractivity contribution >= 4 is 33.5 Å². The lowest BCUT2D eigenvalue weighted by molar-refractivity contribution is -0.384. The van der Waals surface area contributed by atoms with Gasteiger partial charge in [-0.1, -0.05) is 46.3 Å². The van der Waals surface area contributed by atoms with Gasteiger partial charge in [-0.3, -0.25) is 14.9 Å². The highest BCUT2D eigenvalue weighted by Crippen LogP contribution is 2.29. The maximum atomic E-state index is 12.2. The third kappa shape index (κ3) is 3.92. The second kappa shape index (κ2) is 7.27. The molecule has 0 radical (unpaired) electrons. The fourth-order valence-electron chi connectivity index (χ4n) is 2.27. The van der Waals surface area contributed by atoms with Crippen LogP contribution >= 0.6 is 15.9 Å². The Morgan fingerprint density at radius 3 is 2.64 bits per heavy atom. The normalized spacial score (nSPS) is 10.9. The standard InChI is InChI=1S/C19H12BrNO4/c20-17-7-2-1-6-16(17)19-11-9-15(25-19)8-10-18(22)13-4-3-5-14(12-13)21(23)24/h1-12H/b10-8+. The second-order valence-electron chi connectivity index (χ2n) is 5.19. The van der Waals surface area contributed by atoms with Crippen molar-refractivity contribution in [3.05, 3.63) is 92.7 Å². The molecule has 0 N–H and O–H groups in total. The molecule has 6 heteroatoms. The summed E-state index contributed by atoms with van der Waals surface area (Å²) in [4.78, 5) is 22.4. The number of rotatable bonds is 5. The Kier molecular flexibility index (Phi) is 4.90. The summed E-state index contributed by atoms with van der Waals surface area (Å²) in [6.45, 7) is 0. The van der Waals surface area contributed by atoms with Crippen molar-refractivity contribution in [2.45, 2.75) is 0 Å². The minimum absolute atomic E-state index is 0.117. The number of halogens is 1. The molecule has 0 atom stereocenters. The van der Waals surface area contributed by atoms with Crippen LogP contribution in [0, 0.1) is 10.1 Å². The number of ketones is 1. The number of nitro groups is 1. The van der Waals surface area contributed by atoms with Gasteiger partial charge in [0.1, 0.15) is 11.5 Å². The number of nitro benzene ring substituents is 1. The van der Waals surface area contributed by atoms with Crippen LogP contribution in [-0.2, 0) is 0 Å². The summed E-state index contributed by atoms with van der Waals surface area (Å²) < 4.78 is 6.63. The Bertz CT molecular complexity index is 975. The van der Waals surface area contributed by atoms with Gasteiger partial charge in [-0.05, 0) is 30.4 Å². The van der Waals surface area contributed by atoms with E-state index >= 15 is 0 Å². The van der Waals surface area contributed by atoms with Gasteiger partial charge in [0.15, 0.2) is 5.78 Å². The molecule has 0 saturated heterocycles. The van der Waals surface area contributed by atoms with Gasteiger partial charge in [0.25, 0.3) is 5.69 Å². The summed E-state index contributed by atoms with van der Waals surface area (Å²) in [5.74, 6) is 0.863. The molecule has 0 aliphatic carbocycles. The van der Waals surface area contributed by atoms with Gasteiger partial charge in [-0.2, -0.15) is 0 Å². The Labute approximate surface area is 151 Å². The third-order valence-corrected chi connectivity index (χ3v) is 4.20. The number of hydrogen-bond donors (Lipinski definition) is 0. The largest absolute Gasteiger partial charge is 0.457 e. The van der Waals surface area contributed by atoms with Gasteiger partial charge < -0.3 is 4.42 Å². The highest BCUT2D eigenvalue weighted by molar-refractivity contribution is 9.10. The van der Waals surface area contributed by atoms with E-state index in [1.165, 1.54) is 30.3 Å². The lowest BCUT2D eigenvalue weighted by Gasteiger charge is -1.99. The summed E-state index contributed by atoms with van der Waals surface area (Å²) in [6.07, 6.45) is 2.88. The van der Waals surface area contributed by atoms with Crippen LogP contribution in [0.5, 0.6) is 0 Å². The molecule has 0 fully saturated rings. The molecular formula is C19H12BrNO4. The molecule has 0 bridgehead atoms. The number of benzene rings is 2. The van der Waals surface area contributed by atoms with Crippen LogP contribution in [0.4, 0.5) is 5.69 Å². The van der Waals surface area contributed by atoms with E-state index in [0.717, 1.165) is 10.0 Å². The second-order valence-corrected chi connectivity index (χ2v) is 6.04. The van der Waals surface area contributed by atoms with Crippen LogP contribution in [0.3, 0.4) is 0 Å². The summed E-state index contributed by atoms with van der Waals surface area (Å²) in [7, 11) is 0. The van der Waals surface area contributed by atoms with E-state index in [0.29, 0.717) is 11.5 Å². The summed E-state index contributed by atoms with van der Waals surface area (Å²) in [5.41, 5.74) is 1.05. The quantitative estimate of drug-likeness (QED) is 0.246. The molecule has 3 aromatic rings. The lowest BCUT2D eigenvalue weighted by Crippen LogP contribution is -1.96. The van der Waals surface area contributed by atoms with Gasteiger partial charge in [-0.25, -0.2) is 0 Å². The smallest absolute Gasteiger partial charge is 0.270 e. The summed E-state index contributed by atoms with van der Waals surface area (Å²) in [5, 5.41) is 10.8. The molecule has 1 aromatic heterocycles. The topological polar surface area (TPSA) is 73.3 Å². The zero-order valence-corrected chi connectivity index (χ0v) is 14.5.